The van der Waals surface area contributed by atoms with E-state index in [1.807, 2.05) is 6.92 Å². The van der Waals surface area contributed by atoms with Crippen molar-refractivity contribution in [2.75, 3.05) is 18.9 Å². The molecule has 0 saturated carbocycles. The van der Waals surface area contributed by atoms with E-state index in [4.69, 9.17) is 46.4 Å². The van der Waals surface area contributed by atoms with Crippen LogP contribution in [0.5, 0.6) is 0 Å². The fourth-order valence-corrected chi connectivity index (χ4v) is 3.69. The van der Waals surface area contributed by atoms with E-state index < -0.39 is 6.04 Å². The highest BCUT2D eigenvalue weighted by molar-refractivity contribution is 6.39. The highest BCUT2D eigenvalue weighted by atomic mass is 35.5. The normalized spacial score (nSPS) is 13.1. The number of likely N-dealkylation sites (N-methyl/N-ethyl adjacent to an activating group) is 1. The molecule has 0 aliphatic heterocycles. The van der Waals surface area contributed by atoms with Gasteiger partial charge in [-0.25, -0.2) is 0 Å². The molecule has 0 heterocycles. The zero-order chi connectivity index (χ0) is 21.7. The molecule has 29 heavy (non-hydrogen) atoms. The van der Waals surface area contributed by atoms with Crippen LogP contribution in [0.25, 0.3) is 0 Å². The molecule has 0 bridgehead atoms. The summed E-state index contributed by atoms with van der Waals surface area (Å²) in [6.45, 7) is 3.51. The van der Waals surface area contributed by atoms with E-state index in [2.05, 4.69) is 10.6 Å². The Balaban J connectivity index is 1.95. The standard InChI is InChI=1S/C20H21Cl4N3O2/c1-11(14-8-7-13(21)9-17(14)24)25-20(29)12(2)27(3)10-18(28)26-19-15(22)5-4-6-16(19)23/h4-9,11-12H,10H2,1-3H3,(H,25,29)(H,26,28)/t11-,12-/m0/s1. The highest BCUT2D eigenvalue weighted by Crippen LogP contribution is 2.30. The van der Waals surface area contributed by atoms with Gasteiger partial charge in [-0.15, -0.1) is 0 Å². The van der Waals surface area contributed by atoms with Crippen molar-refractivity contribution in [3.05, 3.63) is 62.1 Å². The lowest BCUT2D eigenvalue weighted by atomic mass is 10.1. The van der Waals surface area contributed by atoms with E-state index in [0.29, 0.717) is 25.8 Å². The lowest BCUT2D eigenvalue weighted by Gasteiger charge is -2.25. The van der Waals surface area contributed by atoms with E-state index >= 15 is 0 Å². The predicted octanol–water partition coefficient (Wildman–Crippen LogP) is 5.44. The second-order valence-electron chi connectivity index (χ2n) is 6.63. The predicted molar refractivity (Wildman–Crippen MR) is 120 cm³/mol. The van der Waals surface area contributed by atoms with Gasteiger partial charge in [0.15, 0.2) is 0 Å². The summed E-state index contributed by atoms with van der Waals surface area (Å²) < 4.78 is 0. The maximum atomic E-state index is 12.6. The molecule has 0 fully saturated rings. The number of halogens is 4. The molecule has 9 heteroatoms. The zero-order valence-electron chi connectivity index (χ0n) is 16.1. The molecule has 0 spiro atoms. The Hall–Kier alpha value is -1.50. The third kappa shape index (κ3) is 6.49. The Morgan fingerprint density at radius 2 is 1.62 bits per heavy atom. The molecule has 2 aromatic rings. The molecule has 0 aromatic heterocycles. The maximum absolute atomic E-state index is 12.6. The molecule has 2 rings (SSSR count). The SMILES string of the molecule is C[C@H](NC(=O)[C@H](C)N(C)CC(=O)Nc1c(Cl)cccc1Cl)c1ccc(Cl)cc1Cl. The highest BCUT2D eigenvalue weighted by Gasteiger charge is 2.23. The molecule has 2 aromatic carbocycles. The molecular formula is C20H21Cl4N3O2. The maximum Gasteiger partial charge on any atom is 0.238 e. The average Bonchev–Trinajstić information content (AvgIpc) is 2.63. The topological polar surface area (TPSA) is 61.4 Å². The van der Waals surface area contributed by atoms with Gasteiger partial charge in [-0.05, 0) is 50.7 Å². The number of nitrogens with one attached hydrogen (secondary N) is 2. The van der Waals surface area contributed by atoms with Crippen LogP contribution in [0.15, 0.2) is 36.4 Å². The fraction of sp³-hybridized carbons (Fsp3) is 0.300. The number of benzene rings is 2. The van der Waals surface area contributed by atoms with E-state index in [1.54, 1.807) is 55.3 Å². The Morgan fingerprint density at radius 3 is 2.21 bits per heavy atom. The van der Waals surface area contributed by atoms with Crippen molar-refractivity contribution >= 4 is 63.9 Å². The Kier molecular flexibility index (Phi) is 8.61. The number of para-hydroxylation sites is 1. The number of nitrogens with zero attached hydrogens (tertiary/aromatic N) is 1. The number of hydrogen-bond acceptors (Lipinski definition) is 3. The Bertz CT molecular complexity index is 887. The molecule has 0 saturated heterocycles. The minimum atomic E-state index is -0.559. The van der Waals surface area contributed by atoms with Crippen molar-refractivity contribution in [1.82, 2.24) is 10.2 Å². The van der Waals surface area contributed by atoms with Crippen molar-refractivity contribution in [3.63, 3.8) is 0 Å². The van der Waals surface area contributed by atoms with Gasteiger partial charge in [0.25, 0.3) is 0 Å². The third-order valence-corrected chi connectivity index (χ3v) is 5.64. The summed E-state index contributed by atoms with van der Waals surface area (Å²) in [5.74, 6) is -0.578. The summed E-state index contributed by atoms with van der Waals surface area (Å²) in [6.07, 6.45) is 0. The van der Waals surface area contributed by atoms with Crippen LogP contribution in [0.4, 0.5) is 5.69 Å². The quantitative estimate of drug-likeness (QED) is 0.559. The first-order valence-electron chi connectivity index (χ1n) is 8.79. The van der Waals surface area contributed by atoms with E-state index in [9.17, 15) is 9.59 Å². The van der Waals surface area contributed by atoms with Gasteiger partial charge in [-0.3, -0.25) is 14.5 Å². The van der Waals surface area contributed by atoms with Crippen molar-refractivity contribution < 1.29 is 9.59 Å². The summed E-state index contributed by atoms with van der Waals surface area (Å²) in [5.41, 5.74) is 1.10. The van der Waals surface area contributed by atoms with Crippen molar-refractivity contribution in [2.24, 2.45) is 0 Å². The van der Waals surface area contributed by atoms with Crippen molar-refractivity contribution in [2.45, 2.75) is 25.9 Å². The molecule has 0 radical (unpaired) electrons. The number of carbonyl (C=O) groups excluding carboxylic acids is 2. The third-order valence-electron chi connectivity index (χ3n) is 4.45. The minimum Gasteiger partial charge on any atom is -0.348 e. The molecular weight excluding hydrogens is 456 g/mol. The zero-order valence-corrected chi connectivity index (χ0v) is 19.1. The molecule has 0 aliphatic carbocycles. The molecule has 2 atom stereocenters. The number of anilines is 1. The summed E-state index contributed by atoms with van der Waals surface area (Å²) in [5, 5.41) is 7.25. The van der Waals surface area contributed by atoms with Gasteiger partial charge in [0, 0.05) is 10.0 Å². The monoisotopic (exact) mass is 475 g/mol. The molecule has 2 amide bonds. The van der Waals surface area contributed by atoms with Gasteiger partial charge in [0.05, 0.1) is 34.4 Å². The molecule has 0 aliphatic rings. The lowest BCUT2D eigenvalue weighted by molar-refractivity contribution is -0.127. The summed E-state index contributed by atoms with van der Waals surface area (Å²) in [6, 6.07) is 9.18. The minimum absolute atomic E-state index is 0.0216. The summed E-state index contributed by atoms with van der Waals surface area (Å²) >= 11 is 24.2. The Labute approximate surface area is 190 Å². The number of carbonyl (C=O) groups is 2. The van der Waals surface area contributed by atoms with Crippen molar-refractivity contribution in [3.8, 4) is 0 Å². The second kappa shape index (κ2) is 10.5. The van der Waals surface area contributed by atoms with Crippen LogP contribution in [0.3, 0.4) is 0 Å². The van der Waals surface area contributed by atoms with Gasteiger partial charge < -0.3 is 10.6 Å². The summed E-state index contributed by atoms with van der Waals surface area (Å²) in [4.78, 5) is 26.6. The first-order chi connectivity index (χ1) is 13.6. The van der Waals surface area contributed by atoms with Crippen LogP contribution in [0, 0.1) is 0 Å². The molecule has 0 unspecified atom stereocenters. The smallest absolute Gasteiger partial charge is 0.238 e. The van der Waals surface area contributed by atoms with Crippen LogP contribution >= 0.6 is 46.4 Å². The molecule has 2 N–H and O–H groups in total. The summed E-state index contributed by atoms with van der Waals surface area (Å²) in [7, 11) is 1.68. The van der Waals surface area contributed by atoms with Gasteiger partial charge in [-0.1, -0.05) is 58.5 Å². The van der Waals surface area contributed by atoms with Gasteiger partial charge in [0.1, 0.15) is 0 Å². The van der Waals surface area contributed by atoms with Gasteiger partial charge >= 0.3 is 0 Å². The Morgan fingerprint density at radius 1 is 1.00 bits per heavy atom. The fourth-order valence-electron chi connectivity index (χ4n) is 2.62. The van der Waals surface area contributed by atoms with Crippen LogP contribution in [0.1, 0.15) is 25.5 Å². The molecule has 156 valence electrons. The van der Waals surface area contributed by atoms with E-state index in [1.165, 1.54) is 0 Å². The van der Waals surface area contributed by atoms with Gasteiger partial charge in [-0.2, -0.15) is 0 Å². The van der Waals surface area contributed by atoms with Crippen LogP contribution in [0.2, 0.25) is 20.1 Å². The average molecular weight is 477 g/mol. The van der Waals surface area contributed by atoms with E-state index in [-0.39, 0.29) is 24.4 Å². The number of rotatable bonds is 7. The largest absolute Gasteiger partial charge is 0.348 e. The van der Waals surface area contributed by atoms with Crippen LogP contribution < -0.4 is 10.6 Å². The van der Waals surface area contributed by atoms with Crippen molar-refractivity contribution in [1.29, 1.82) is 0 Å². The van der Waals surface area contributed by atoms with E-state index in [0.717, 1.165) is 5.56 Å². The molecule has 5 nitrogen and oxygen atoms in total. The lowest BCUT2D eigenvalue weighted by Crippen LogP contribution is -2.46. The first-order valence-corrected chi connectivity index (χ1v) is 10.3. The van der Waals surface area contributed by atoms with Crippen LogP contribution in [-0.2, 0) is 9.59 Å². The number of amides is 2. The van der Waals surface area contributed by atoms with Crippen LogP contribution in [-0.4, -0.2) is 36.3 Å². The number of hydrogen-bond donors (Lipinski definition) is 2. The van der Waals surface area contributed by atoms with Gasteiger partial charge in [0.2, 0.25) is 11.8 Å². The second-order valence-corrected chi connectivity index (χ2v) is 8.29. The first kappa shape index (κ1) is 23.8.